The van der Waals surface area contributed by atoms with Gasteiger partial charge in [-0.2, -0.15) is 0 Å². The number of nitro groups is 1. The molecule has 0 aliphatic rings. The van der Waals surface area contributed by atoms with Crippen molar-refractivity contribution in [1.29, 1.82) is 0 Å². The first kappa shape index (κ1) is 19.7. The molecule has 0 heterocycles. The minimum Gasteiger partial charge on any atom is -0.318 e. The number of rotatable bonds is 10. The second kappa shape index (κ2) is 9.73. The zero-order valence-electron chi connectivity index (χ0n) is 14.1. The van der Waals surface area contributed by atoms with E-state index in [1.165, 1.54) is 6.07 Å². The van der Waals surface area contributed by atoms with Crippen molar-refractivity contribution in [2.24, 2.45) is 0 Å². The monoisotopic (exact) mass is 340 g/mol. The molecule has 0 saturated heterocycles. The molecule has 1 rings (SSSR count). The van der Waals surface area contributed by atoms with E-state index in [9.17, 15) is 10.1 Å². The molecule has 6 nitrogen and oxygen atoms in total. The van der Waals surface area contributed by atoms with Crippen LogP contribution in [0.15, 0.2) is 36.9 Å². The Bertz CT molecular complexity index is 515. The van der Waals surface area contributed by atoms with Crippen molar-refractivity contribution in [2.45, 2.75) is 46.4 Å². The van der Waals surface area contributed by atoms with Crippen molar-refractivity contribution >= 4 is 14.2 Å². The molecule has 0 N–H and O–H groups in total. The summed E-state index contributed by atoms with van der Waals surface area (Å²) in [5.74, 6) is 0. The van der Waals surface area contributed by atoms with Gasteiger partial charge in [-0.1, -0.05) is 18.2 Å². The van der Waals surface area contributed by atoms with Crippen LogP contribution in [0.5, 0.6) is 0 Å². The summed E-state index contributed by atoms with van der Waals surface area (Å²) in [6.45, 7) is 12.4. The first-order chi connectivity index (χ1) is 10.9. The maximum Gasteiger partial charge on any atom is 0.274 e. The molecule has 0 aromatic heterocycles. The van der Waals surface area contributed by atoms with Crippen LogP contribution in [0.4, 0.5) is 5.69 Å². The molecule has 1 aromatic rings. The zero-order chi connectivity index (χ0) is 17.4. The van der Waals surface area contributed by atoms with Crippen molar-refractivity contribution in [3.8, 4) is 0 Å². The van der Waals surface area contributed by atoms with Crippen LogP contribution < -0.4 is 0 Å². The van der Waals surface area contributed by atoms with E-state index in [1.807, 2.05) is 0 Å². The van der Waals surface area contributed by atoms with Gasteiger partial charge in [-0.3, -0.25) is 10.1 Å². The zero-order valence-corrected chi connectivity index (χ0v) is 15.0. The van der Waals surface area contributed by atoms with E-state index in [0.29, 0.717) is 12.2 Å². The lowest BCUT2D eigenvalue weighted by Gasteiger charge is -2.35. The number of hydrogen-bond donors (Lipinski definition) is 0. The average Bonchev–Trinajstić information content (AvgIpc) is 2.49. The minimum atomic E-state index is -1.32. The highest BCUT2D eigenvalue weighted by Gasteiger charge is 2.27. The molecular weight excluding hydrogens is 315 g/mol. The first-order valence-corrected chi connectivity index (χ1v) is 8.68. The van der Waals surface area contributed by atoms with Gasteiger partial charge >= 0.3 is 0 Å². The summed E-state index contributed by atoms with van der Waals surface area (Å²) in [5.41, 5.74) is 0.603. The third kappa shape index (κ3) is 5.99. The molecule has 23 heavy (non-hydrogen) atoms. The normalized spacial score (nSPS) is 12.8. The number of nitrogens with zero attached hydrogens (tertiary/aromatic N) is 2. The fourth-order valence-electron chi connectivity index (χ4n) is 2.20. The SMILES string of the molecule is C=CCOP(OCc1ccccc1[N+](=O)[O-])N(C(C)C)C(C)C. The molecule has 0 saturated carbocycles. The van der Waals surface area contributed by atoms with Crippen molar-refractivity contribution < 1.29 is 14.0 Å². The van der Waals surface area contributed by atoms with Gasteiger partial charge in [0.25, 0.3) is 14.2 Å². The number of para-hydroxylation sites is 1. The molecule has 1 aromatic carbocycles. The predicted octanol–water partition coefficient (Wildman–Crippen LogP) is 4.66. The summed E-state index contributed by atoms with van der Waals surface area (Å²) in [5, 5.41) is 11.1. The lowest BCUT2D eigenvalue weighted by Crippen LogP contribution is -2.33. The van der Waals surface area contributed by atoms with Gasteiger partial charge in [-0.25, -0.2) is 4.67 Å². The molecule has 0 radical (unpaired) electrons. The van der Waals surface area contributed by atoms with E-state index in [4.69, 9.17) is 9.05 Å². The first-order valence-electron chi connectivity index (χ1n) is 7.55. The van der Waals surface area contributed by atoms with Crippen LogP contribution in [0.25, 0.3) is 0 Å². The lowest BCUT2D eigenvalue weighted by atomic mass is 10.2. The Hall–Kier alpha value is -1.33. The van der Waals surface area contributed by atoms with Crippen LogP contribution >= 0.6 is 8.53 Å². The van der Waals surface area contributed by atoms with Crippen LogP contribution in [0.1, 0.15) is 33.3 Å². The summed E-state index contributed by atoms with van der Waals surface area (Å²) in [6.07, 6.45) is 1.67. The summed E-state index contributed by atoms with van der Waals surface area (Å²) in [6, 6.07) is 7.06. The van der Waals surface area contributed by atoms with Gasteiger partial charge in [-0.15, -0.1) is 6.58 Å². The Labute approximate surface area is 139 Å². The third-order valence-corrected chi connectivity index (χ3v) is 5.09. The summed E-state index contributed by atoms with van der Waals surface area (Å²) >= 11 is 0. The van der Waals surface area contributed by atoms with Crippen LogP contribution in [0, 0.1) is 10.1 Å². The Kier molecular flexibility index (Phi) is 8.34. The van der Waals surface area contributed by atoms with Crippen LogP contribution in [-0.2, 0) is 15.7 Å². The minimum absolute atomic E-state index is 0.0619. The van der Waals surface area contributed by atoms with Crippen molar-refractivity contribution in [3.05, 3.63) is 52.6 Å². The maximum atomic E-state index is 11.1. The molecule has 1 unspecified atom stereocenters. The van der Waals surface area contributed by atoms with Crippen molar-refractivity contribution in [1.82, 2.24) is 4.67 Å². The Morgan fingerprint density at radius 1 is 1.26 bits per heavy atom. The van der Waals surface area contributed by atoms with Gasteiger partial charge in [0.2, 0.25) is 0 Å². The van der Waals surface area contributed by atoms with Gasteiger partial charge in [-0.05, 0) is 33.8 Å². The Balaban J connectivity index is 2.90. The van der Waals surface area contributed by atoms with E-state index in [-0.39, 0.29) is 24.4 Å². The highest BCUT2D eigenvalue weighted by molar-refractivity contribution is 7.44. The van der Waals surface area contributed by atoms with Gasteiger partial charge in [0, 0.05) is 18.2 Å². The molecule has 0 aliphatic heterocycles. The largest absolute Gasteiger partial charge is 0.318 e. The molecule has 0 aliphatic carbocycles. The van der Waals surface area contributed by atoms with E-state index in [2.05, 4.69) is 38.9 Å². The standard InChI is InChI=1S/C16H25N2O4P/c1-6-11-21-23(17(13(2)3)14(4)5)22-12-15-9-7-8-10-16(15)18(19)20/h6-10,13-14H,1,11-12H2,2-5H3. The van der Waals surface area contributed by atoms with Gasteiger partial charge in [0.1, 0.15) is 0 Å². The highest BCUT2D eigenvalue weighted by atomic mass is 31.2. The van der Waals surface area contributed by atoms with E-state index < -0.39 is 13.4 Å². The predicted molar refractivity (Wildman–Crippen MR) is 93.1 cm³/mol. The topological polar surface area (TPSA) is 64.8 Å². The Morgan fingerprint density at radius 2 is 1.87 bits per heavy atom. The number of benzene rings is 1. The van der Waals surface area contributed by atoms with Gasteiger partial charge < -0.3 is 9.05 Å². The molecule has 0 bridgehead atoms. The summed E-state index contributed by atoms with van der Waals surface area (Å²) in [7, 11) is -1.32. The number of nitro benzene ring substituents is 1. The van der Waals surface area contributed by atoms with Crippen LogP contribution in [0.2, 0.25) is 0 Å². The fraction of sp³-hybridized carbons (Fsp3) is 0.500. The average molecular weight is 340 g/mol. The van der Waals surface area contributed by atoms with E-state index >= 15 is 0 Å². The Morgan fingerprint density at radius 3 is 2.39 bits per heavy atom. The van der Waals surface area contributed by atoms with E-state index in [1.54, 1.807) is 24.3 Å². The van der Waals surface area contributed by atoms with Gasteiger partial charge in [0.15, 0.2) is 0 Å². The van der Waals surface area contributed by atoms with E-state index in [0.717, 1.165) is 0 Å². The van der Waals surface area contributed by atoms with Crippen molar-refractivity contribution in [3.63, 3.8) is 0 Å². The molecule has 128 valence electrons. The second-order valence-electron chi connectivity index (χ2n) is 5.55. The quantitative estimate of drug-likeness (QED) is 0.268. The maximum absolute atomic E-state index is 11.1. The van der Waals surface area contributed by atoms with Crippen LogP contribution in [0.3, 0.4) is 0 Å². The molecule has 0 fully saturated rings. The highest BCUT2D eigenvalue weighted by Crippen LogP contribution is 2.46. The van der Waals surface area contributed by atoms with Crippen molar-refractivity contribution in [2.75, 3.05) is 6.61 Å². The lowest BCUT2D eigenvalue weighted by molar-refractivity contribution is -0.385. The molecule has 1 atom stereocenters. The molecular formula is C16H25N2O4P. The smallest absolute Gasteiger partial charge is 0.274 e. The molecule has 0 amide bonds. The third-order valence-electron chi connectivity index (χ3n) is 3.07. The van der Waals surface area contributed by atoms with Crippen LogP contribution in [-0.4, -0.2) is 28.3 Å². The fourth-order valence-corrected chi connectivity index (χ4v) is 3.77. The van der Waals surface area contributed by atoms with Gasteiger partial charge in [0.05, 0.1) is 23.7 Å². The second-order valence-corrected chi connectivity index (χ2v) is 7.00. The summed E-state index contributed by atoms with van der Waals surface area (Å²) in [4.78, 5) is 10.7. The molecule has 7 heteroatoms. The molecule has 0 spiro atoms. The number of hydrogen-bond acceptors (Lipinski definition) is 5. The summed E-state index contributed by atoms with van der Waals surface area (Å²) < 4.78 is 13.8.